The van der Waals surface area contributed by atoms with Crippen LogP contribution in [-0.4, -0.2) is 75.6 Å². The number of carbonyl (C=O) groups excluding carboxylic acids is 2. The van der Waals surface area contributed by atoms with Gasteiger partial charge in [-0.3, -0.25) is 14.6 Å². The first-order valence-electron chi connectivity index (χ1n) is 17.4. The smallest absolute Gasteiger partial charge is 0.416 e. The number of hydrogen-bond donors (Lipinski definition) is 1. The van der Waals surface area contributed by atoms with E-state index in [4.69, 9.17) is 4.74 Å². The van der Waals surface area contributed by atoms with Crippen molar-refractivity contribution in [1.29, 1.82) is 0 Å². The Hall–Kier alpha value is -3.51. The zero-order valence-electron chi connectivity index (χ0n) is 28.4. The number of fused-ring (bicyclic) bond motifs is 2. The van der Waals surface area contributed by atoms with Crippen LogP contribution in [-0.2, 0) is 28.4 Å². The van der Waals surface area contributed by atoms with Crippen molar-refractivity contribution in [2.24, 2.45) is 4.99 Å². The van der Waals surface area contributed by atoms with Crippen LogP contribution in [0.1, 0.15) is 96.8 Å². The van der Waals surface area contributed by atoms with Crippen molar-refractivity contribution < 1.29 is 31.7 Å². The summed E-state index contributed by atoms with van der Waals surface area (Å²) in [6.45, 7) is 3.61. The molecule has 5 aliphatic rings. The first-order valence-corrected chi connectivity index (χ1v) is 18.6. The summed E-state index contributed by atoms with van der Waals surface area (Å²) in [5.41, 5.74) is 0.803. The Morgan fingerprint density at radius 2 is 1.61 bits per heavy atom. The predicted molar refractivity (Wildman–Crippen MR) is 186 cm³/mol. The lowest BCUT2D eigenvalue weighted by Crippen LogP contribution is -2.49. The van der Waals surface area contributed by atoms with Crippen LogP contribution in [0.5, 0.6) is 5.75 Å². The van der Waals surface area contributed by atoms with E-state index in [9.17, 15) is 27.0 Å². The topological polar surface area (TPSA) is 91.3 Å². The van der Waals surface area contributed by atoms with E-state index >= 15 is 0 Å². The molecule has 0 aromatic heterocycles. The lowest BCUT2D eigenvalue weighted by molar-refractivity contribution is -0.137. The number of benzene rings is 2. The minimum Gasteiger partial charge on any atom is -0.493 e. The molecule has 7 bridgehead atoms. The molecule has 1 saturated heterocycles. The molecule has 49 heavy (non-hydrogen) atoms. The van der Waals surface area contributed by atoms with Gasteiger partial charge in [-0.2, -0.15) is 13.2 Å². The molecule has 0 aliphatic carbocycles. The molecule has 7 rings (SSSR count). The van der Waals surface area contributed by atoms with E-state index in [0.29, 0.717) is 56.6 Å². The molecular weight excluding hydrogens is 653 g/mol. The number of carbonyl (C=O) groups is 2. The molecule has 0 saturated carbocycles. The second-order valence-corrected chi connectivity index (χ2v) is 14.8. The fourth-order valence-corrected chi connectivity index (χ4v) is 7.83. The van der Waals surface area contributed by atoms with Gasteiger partial charge in [-0.15, -0.1) is 0 Å². The predicted octanol–water partition coefficient (Wildman–Crippen LogP) is 6.77. The van der Waals surface area contributed by atoms with Gasteiger partial charge in [0, 0.05) is 43.6 Å². The van der Waals surface area contributed by atoms with Gasteiger partial charge in [0.25, 0.3) is 11.8 Å². The summed E-state index contributed by atoms with van der Waals surface area (Å²) >= 11 is 0. The number of aliphatic imine (C=N–C) groups is 1. The van der Waals surface area contributed by atoms with Crippen molar-refractivity contribution in [3.8, 4) is 5.75 Å². The summed E-state index contributed by atoms with van der Waals surface area (Å²) in [7, 11) is 0.543. The zero-order valence-corrected chi connectivity index (χ0v) is 29.3. The summed E-state index contributed by atoms with van der Waals surface area (Å²) in [5, 5.41) is 2.72. The Morgan fingerprint density at radius 3 is 2.35 bits per heavy atom. The first-order chi connectivity index (χ1) is 23.4. The Labute approximate surface area is 289 Å². The van der Waals surface area contributed by atoms with Gasteiger partial charge in [-0.25, -0.2) is 8.51 Å². The lowest BCUT2D eigenvalue weighted by atomic mass is 9.89. The third-order valence-electron chi connectivity index (χ3n) is 9.64. The fraction of sp³-hybridized carbons (Fsp3) is 0.541. The van der Waals surface area contributed by atoms with Crippen molar-refractivity contribution in [2.45, 2.75) is 89.3 Å². The van der Waals surface area contributed by atoms with Crippen molar-refractivity contribution in [2.75, 3.05) is 39.0 Å². The van der Waals surface area contributed by atoms with E-state index in [1.54, 1.807) is 4.90 Å². The quantitative estimate of drug-likeness (QED) is 0.307. The summed E-state index contributed by atoms with van der Waals surface area (Å²) in [4.78, 5) is 32.7. The summed E-state index contributed by atoms with van der Waals surface area (Å²) in [5.74, 6) is 0.194. The third kappa shape index (κ3) is 9.60. The molecule has 1 spiro atoms. The minimum atomic E-state index is -4.60. The van der Waals surface area contributed by atoms with Crippen LogP contribution >= 0.6 is 0 Å². The van der Waals surface area contributed by atoms with Gasteiger partial charge in [0.15, 0.2) is 0 Å². The number of ether oxygens (including phenoxy) is 1. The highest BCUT2D eigenvalue weighted by Gasteiger charge is 2.47. The summed E-state index contributed by atoms with van der Waals surface area (Å²) < 4.78 is 62.4. The number of hydrogen-bond acceptors (Lipinski definition) is 5. The van der Waals surface area contributed by atoms with Crippen molar-refractivity contribution in [3.63, 3.8) is 0 Å². The number of nitrogens with zero attached hydrogens (tertiary/aromatic N) is 3. The van der Waals surface area contributed by atoms with Crippen LogP contribution in [0.3, 0.4) is 0 Å². The lowest BCUT2D eigenvalue weighted by Gasteiger charge is -2.34. The van der Waals surface area contributed by atoms with Gasteiger partial charge in [0.1, 0.15) is 17.1 Å². The molecule has 1 fully saturated rings. The van der Waals surface area contributed by atoms with Gasteiger partial charge in [-0.1, -0.05) is 43.9 Å². The average Bonchev–Trinajstić information content (AvgIpc) is 3.39. The van der Waals surface area contributed by atoms with E-state index < -0.39 is 28.3 Å². The van der Waals surface area contributed by atoms with Crippen molar-refractivity contribution >= 4 is 28.6 Å². The highest BCUT2D eigenvalue weighted by atomic mass is 32.2. The summed E-state index contributed by atoms with van der Waals surface area (Å²) in [6, 6.07) is 9.15. The molecule has 0 radical (unpaired) electrons. The Bertz CT molecular complexity index is 1580. The molecule has 5 aliphatic heterocycles. The maximum Gasteiger partial charge on any atom is 0.416 e. The number of alkyl halides is 3. The molecule has 5 heterocycles. The van der Waals surface area contributed by atoms with Gasteiger partial charge in [-0.05, 0) is 93.3 Å². The molecule has 266 valence electrons. The highest BCUT2D eigenvalue weighted by Crippen LogP contribution is 2.36. The van der Waals surface area contributed by atoms with Crippen LogP contribution in [0, 0.1) is 6.92 Å². The van der Waals surface area contributed by atoms with Gasteiger partial charge < -0.3 is 15.0 Å². The van der Waals surface area contributed by atoms with E-state index in [2.05, 4.69) is 16.4 Å². The molecular formula is C37H47F3N4O4S. The van der Waals surface area contributed by atoms with Gasteiger partial charge in [0.2, 0.25) is 0 Å². The highest BCUT2D eigenvalue weighted by molar-refractivity contribution is 7.82. The average molecular weight is 701 g/mol. The number of aryl methyl sites for hydroxylation is 2. The van der Waals surface area contributed by atoms with E-state index in [-0.39, 0.29) is 35.6 Å². The Kier molecular flexibility index (Phi) is 12.4. The zero-order chi connectivity index (χ0) is 35.0. The number of piperidine rings is 1. The van der Waals surface area contributed by atoms with Crippen LogP contribution in [0.15, 0.2) is 53.5 Å². The third-order valence-corrected chi connectivity index (χ3v) is 11.1. The second kappa shape index (κ2) is 16.5. The Balaban J connectivity index is 1.31. The van der Waals surface area contributed by atoms with Crippen LogP contribution in [0.4, 0.5) is 13.2 Å². The molecule has 1 unspecified atom stereocenters. The second-order valence-electron chi connectivity index (χ2n) is 13.3. The standard InChI is InChI=1S/C37H47F3N4O4S/c1-27-23-29-14-13-28(27)15-22-49(47)44-19-16-36(17-20-44)35(46)41-33(42-36)30-24-31(37(38,39)40)26-32(25-30)48-21-12-10-8-6-4-3-5-7-9-11-18-43(2)34(29)45/h8,10,13-14,23-26H,3-7,9,11-12,15-22H2,1-2H3,(H,41,42,46)/b10-8+. The van der Waals surface area contributed by atoms with E-state index in [0.717, 1.165) is 68.2 Å². The molecule has 2 aromatic rings. The number of nitrogens with one attached hydrogen (secondary N) is 1. The maximum atomic E-state index is 13.9. The normalized spacial score (nSPS) is 26.0. The number of allylic oxidation sites excluding steroid dienone is 1. The SMILES string of the molecule is Cc1cc2ccc1CCS(=O)N1CCC3(CC1)N=C(NC3=O)c1cc(cc(C(F)(F)F)c1)OCC/C=C/CCCCCCCCN(C)C2=O. The van der Waals surface area contributed by atoms with Gasteiger partial charge >= 0.3 is 6.18 Å². The van der Waals surface area contributed by atoms with Crippen molar-refractivity contribution in [3.05, 3.63) is 76.4 Å². The number of rotatable bonds is 0. The van der Waals surface area contributed by atoms with Crippen molar-refractivity contribution in [1.82, 2.24) is 14.5 Å². The summed E-state index contributed by atoms with van der Waals surface area (Å²) in [6.07, 6.45) is 8.55. The van der Waals surface area contributed by atoms with E-state index in [1.807, 2.05) is 42.6 Å². The van der Waals surface area contributed by atoms with Crippen LogP contribution in [0.2, 0.25) is 0 Å². The van der Waals surface area contributed by atoms with Crippen LogP contribution < -0.4 is 10.1 Å². The number of halogens is 3. The molecule has 2 aromatic carbocycles. The molecule has 12 heteroatoms. The maximum absolute atomic E-state index is 13.9. The molecule has 8 nitrogen and oxygen atoms in total. The first kappa shape index (κ1) is 36.8. The largest absolute Gasteiger partial charge is 0.493 e. The monoisotopic (exact) mass is 700 g/mol. The molecule has 2 amide bonds. The molecule has 1 N–H and O–H groups in total. The fourth-order valence-electron chi connectivity index (χ4n) is 6.59. The molecule has 1 atom stereocenters. The number of amidine groups is 1. The number of amides is 2. The van der Waals surface area contributed by atoms with Gasteiger partial charge in [0.05, 0.1) is 23.2 Å². The van der Waals surface area contributed by atoms with E-state index in [1.165, 1.54) is 6.07 Å². The minimum absolute atomic E-state index is 0.00285. The van der Waals surface area contributed by atoms with Crippen LogP contribution in [0.25, 0.3) is 0 Å². The Morgan fingerprint density at radius 1 is 0.898 bits per heavy atom.